The second-order valence-electron chi connectivity index (χ2n) is 5.55. The number of piperidine rings is 1. The lowest BCUT2D eigenvalue weighted by atomic mass is 9.90. The first-order valence-electron chi connectivity index (χ1n) is 6.66. The molecule has 0 aliphatic carbocycles. The highest BCUT2D eigenvalue weighted by Crippen LogP contribution is 2.24. The largest absolute Gasteiger partial charge is 0.481 e. The van der Waals surface area contributed by atoms with Gasteiger partial charge in [0.05, 0.1) is 5.92 Å². The van der Waals surface area contributed by atoms with Crippen molar-refractivity contribution in [3.8, 4) is 0 Å². The van der Waals surface area contributed by atoms with Crippen LogP contribution in [0.1, 0.15) is 29.3 Å². The van der Waals surface area contributed by atoms with Crippen LogP contribution in [0, 0.1) is 18.8 Å². The maximum atomic E-state index is 12.5. The van der Waals surface area contributed by atoms with E-state index in [9.17, 15) is 9.59 Å². The zero-order chi connectivity index (χ0) is 14.9. The molecule has 1 heterocycles. The maximum absolute atomic E-state index is 12.5. The molecular formula is C15H18ClNO3. The molecule has 2 atom stereocenters. The van der Waals surface area contributed by atoms with Gasteiger partial charge >= 0.3 is 5.97 Å². The minimum atomic E-state index is -0.831. The molecule has 0 bridgehead atoms. The van der Waals surface area contributed by atoms with E-state index in [1.165, 1.54) is 0 Å². The third-order valence-electron chi connectivity index (χ3n) is 3.72. The predicted molar refractivity (Wildman–Crippen MR) is 77.0 cm³/mol. The fourth-order valence-electron chi connectivity index (χ4n) is 2.73. The lowest BCUT2D eigenvalue weighted by Gasteiger charge is -2.35. The molecule has 0 spiro atoms. The molecule has 1 aliphatic rings. The van der Waals surface area contributed by atoms with Gasteiger partial charge in [0, 0.05) is 23.7 Å². The smallest absolute Gasteiger partial charge is 0.308 e. The molecule has 0 aromatic heterocycles. The standard InChI is InChI=1S/C15H18ClNO3/c1-9-5-11(15(19)20)8-17(7-9)14(18)13-4-3-12(16)6-10(13)2/h3-4,6,9,11H,5,7-8H2,1-2H3,(H,19,20). The van der Waals surface area contributed by atoms with Crippen molar-refractivity contribution in [1.82, 2.24) is 4.90 Å². The summed E-state index contributed by atoms with van der Waals surface area (Å²) >= 11 is 5.89. The Hall–Kier alpha value is -1.55. The van der Waals surface area contributed by atoms with Crippen LogP contribution >= 0.6 is 11.6 Å². The molecule has 1 fully saturated rings. The van der Waals surface area contributed by atoms with Crippen molar-refractivity contribution < 1.29 is 14.7 Å². The van der Waals surface area contributed by atoms with Crippen LogP contribution in [0.3, 0.4) is 0 Å². The van der Waals surface area contributed by atoms with Gasteiger partial charge in [0.1, 0.15) is 0 Å². The van der Waals surface area contributed by atoms with E-state index >= 15 is 0 Å². The summed E-state index contributed by atoms with van der Waals surface area (Å²) < 4.78 is 0. The van der Waals surface area contributed by atoms with E-state index in [1.54, 1.807) is 23.1 Å². The van der Waals surface area contributed by atoms with Gasteiger partial charge in [0.2, 0.25) is 0 Å². The zero-order valence-electron chi connectivity index (χ0n) is 11.6. The number of nitrogens with zero attached hydrogens (tertiary/aromatic N) is 1. The molecule has 1 aromatic rings. The number of aliphatic carboxylic acids is 1. The second-order valence-corrected chi connectivity index (χ2v) is 5.98. The number of carboxylic acid groups (broad SMARTS) is 1. The molecule has 0 radical (unpaired) electrons. The first-order valence-corrected chi connectivity index (χ1v) is 7.04. The topological polar surface area (TPSA) is 57.6 Å². The van der Waals surface area contributed by atoms with Crippen LogP contribution in [0.2, 0.25) is 5.02 Å². The van der Waals surface area contributed by atoms with Crippen molar-refractivity contribution in [2.45, 2.75) is 20.3 Å². The van der Waals surface area contributed by atoms with Gasteiger partial charge in [-0.1, -0.05) is 18.5 Å². The highest BCUT2D eigenvalue weighted by molar-refractivity contribution is 6.30. The fraction of sp³-hybridized carbons (Fsp3) is 0.467. The number of hydrogen-bond acceptors (Lipinski definition) is 2. The summed E-state index contributed by atoms with van der Waals surface area (Å²) in [5.41, 5.74) is 1.40. The molecule has 1 saturated heterocycles. The normalized spacial score (nSPS) is 22.6. The van der Waals surface area contributed by atoms with E-state index in [2.05, 4.69) is 0 Å². The third kappa shape index (κ3) is 3.12. The van der Waals surface area contributed by atoms with Gasteiger partial charge < -0.3 is 10.0 Å². The number of carboxylic acids is 1. The third-order valence-corrected chi connectivity index (χ3v) is 3.95. The van der Waals surface area contributed by atoms with Crippen molar-refractivity contribution in [2.24, 2.45) is 11.8 Å². The van der Waals surface area contributed by atoms with Crippen LogP contribution < -0.4 is 0 Å². The minimum Gasteiger partial charge on any atom is -0.481 e. The Kier molecular flexibility index (Phi) is 4.33. The predicted octanol–water partition coefficient (Wildman–Crippen LogP) is 2.83. The molecule has 2 unspecified atom stereocenters. The lowest BCUT2D eigenvalue weighted by Crippen LogP contribution is -2.45. The number of rotatable bonds is 2. The van der Waals surface area contributed by atoms with Crippen LogP contribution in [0.25, 0.3) is 0 Å². The van der Waals surface area contributed by atoms with E-state index < -0.39 is 11.9 Å². The minimum absolute atomic E-state index is 0.114. The summed E-state index contributed by atoms with van der Waals surface area (Å²) in [6.07, 6.45) is 0.624. The van der Waals surface area contributed by atoms with Crippen molar-refractivity contribution in [1.29, 1.82) is 0 Å². The van der Waals surface area contributed by atoms with Gasteiger partial charge in [-0.05, 0) is 43.0 Å². The van der Waals surface area contributed by atoms with Crippen LogP contribution in [-0.2, 0) is 4.79 Å². The van der Waals surface area contributed by atoms with Crippen LogP contribution in [-0.4, -0.2) is 35.0 Å². The molecule has 2 rings (SSSR count). The fourth-order valence-corrected chi connectivity index (χ4v) is 2.96. The molecule has 1 N–H and O–H groups in total. The van der Waals surface area contributed by atoms with E-state index in [0.29, 0.717) is 23.6 Å². The number of hydrogen-bond donors (Lipinski definition) is 1. The molecule has 108 valence electrons. The Labute approximate surface area is 123 Å². The number of amides is 1. The van der Waals surface area contributed by atoms with Gasteiger partial charge in [-0.25, -0.2) is 0 Å². The molecular weight excluding hydrogens is 278 g/mol. The molecule has 4 nitrogen and oxygen atoms in total. The molecule has 5 heteroatoms. The van der Waals surface area contributed by atoms with Crippen LogP contribution in [0.4, 0.5) is 0 Å². The molecule has 1 amide bonds. The number of carbonyl (C=O) groups excluding carboxylic acids is 1. The van der Waals surface area contributed by atoms with Crippen molar-refractivity contribution in [3.63, 3.8) is 0 Å². The average Bonchev–Trinajstić information content (AvgIpc) is 2.37. The zero-order valence-corrected chi connectivity index (χ0v) is 12.4. The van der Waals surface area contributed by atoms with Gasteiger partial charge in [-0.15, -0.1) is 0 Å². The lowest BCUT2D eigenvalue weighted by molar-refractivity contribution is -0.143. The summed E-state index contributed by atoms with van der Waals surface area (Å²) in [4.78, 5) is 25.3. The number of aryl methyl sites for hydroxylation is 1. The van der Waals surface area contributed by atoms with Crippen LogP contribution in [0.15, 0.2) is 18.2 Å². The number of halogens is 1. The maximum Gasteiger partial charge on any atom is 0.308 e. The highest BCUT2D eigenvalue weighted by atomic mass is 35.5. The van der Waals surface area contributed by atoms with Crippen molar-refractivity contribution >= 4 is 23.5 Å². The Morgan fingerprint density at radius 3 is 2.65 bits per heavy atom. The summed E-state index contributed by atoms with van der Waals surface area (Å²) in [7, 11) is 0. The summed E-state index contributed by atoms with van der Waals surface area (Å²) in [5.74, 6) is -1.23. The molecule has 20 heavy (non-hydrogen) atoms. The number of benzene rings is 1. The number of carbonyl (C=O) groups is 2. The highest BCUT2D eigenvalue weighted by Gasteiger charge is 2.32. The van der Waals surface area contributed by atoms with E-state index in [-0.39, 0.29) is 18.4 Å². The second kappa shape index (κ2) is 5.83. The SMILES string of the molecule is Cc1cc(Cl)ccc1C(=O)N1CC(C)CC(C(=O)O)C1. The van der Waals surface area contributed by atoms with Crippen molar-refractivity contribution in [2.75, 3.05) is 13.1 Å². The monoisotopic (exact) mass is 295 g/mol. The van der Waals surface area contributed by atoms with E-state index in [1.807, 2.05) is 13.8 Å². The van der Waals surface area contributed by atoms with Crippen LogP contribution in [0.5, 0.6) is 0 Å². The Morgan fingerprint density at radius 1 is 1.35 bits per heavy atom. The van der Waals surface area contributed by atoms with Gasteiger partial charge in [0.15, 0.2) is 0 Å². The Bertz CT molecular complexity index is 544. The number of likely N-dealkylation sites (tertiary alicyclic amines) is 1. The Balaban J connectivity index is 2.21. The first-order chi connectivity index (χ1) is 9.38. The van der Waals surface area contributed by atoms with Gasteiger partial charge in [-0.2, -0.15) is 0 Å². The molecule has 1 aliphatic heterocycles. The summed E-state index contributed by atoms with van der Waals surface area (Å²) in [5, 5.41) is 9.75. The van der Waals surface area contributed by atoms with Gasteiger partial charge in [0.25, 0.3) is 5.91 Å². The van der Waals surface area contributed by atoms with E-state index in [4.69, 9.17) is 16.7 Å². The van der Waals surface area contributed by atoms with E-state index in [0.717, 1.165) is 5.56 Å². The first kappa shape index (κ1) is 14.9. The molecule has 1 aromatic carbocycles. The van der Waals surface area contributed by atoms with Crippen molar-refractivity contribution in [3.05, 3.63) is 34.3 Å². The summed E-state index contributed by atoms with van der Waals surface area (Å²) in [6, 6.07) is 5.13. The Morgan fingerprint density at radius 2 is 2.05 bits per heavy atom. The van der Waals surface area contributed by atoms with Gasteiger partial charge in [-0.3, -0.25) is 9.59 Å². The quantitative estimate of drug-likeness (QED) is 0.913. The molecule has 0 saturated carbocycles. The summed E-state index contributed by atoms with van der Waals surface area (Å²) in [6.45, 7) is 4.69. The average molecular weight is 296 g/mol.